The van der Waals surface area contributed by atoms with Gasteiger partial charge in [0.15, 0.2) is 0 Å². The highest BCUT2D eigenvalue weighted by molar-refractivity contribution is 7.09. The van der Waals surface area contributed by atoms with Gasteiger partial charge in [-0.3, -0.25) is 11.3 Å². The number of rotatable bonds is 5. The van der Waals surface area contributed by atoms with Crippen LogP contribution in [0, 0.1) is 17.8 Å². The predicted octanol–water partition coefficient (Wildman–Crippen LogP) is 2.95. The number of nitrogens with one attached hydrogen (secondary N) is 1. The van der Waals surface area contributed by atoms with Crippen LogP contribution in [0.4, 0.5) is 0 Å². The van der Waals surface area contributed by atoms with E-state index in [0.29, 0.717) is 6.04 Å². The van der Waals surface area contributed by atoms with Gasteiger partial charge >= 0.3 is 0 Å². The summed E-state index contributed by atoms with van der Waals surface area (Å²) in [5.41, 5.74) is 3.09. The van der Waals surface area contributed by atoms with E-state index in [0.717, 1.165) is 17.8 Å². The predicted molar refractivity (Wildman–Crippen MR) is 72.7 cm³/mol. The van der Waals surface area contributed by atoms with E-state index in [4.69, 9.17) is 5.84 Å². The molecule has 3 atom stereocenters. The Labute approximate surface area is 108 Å². The Hall–Kier alpha value is -0.380. The smallest absolute Gasteiger partial charge is 0.0247 e. The molecule has 1 aromatic rings. The first-order valence-corrected chi connectivity index (χ1v) is 7.76. The van der Waals surface area contributed by atoms with Crippen LogP contribution >= 0.6 is 11.3 Å². The van der Waals surface area contributed by atoms with Crippen LogP contribution in [0.5, 0.6) is 0 Å². The maximum absolute atomic E-state index is 5.76. The van der Waals surface area contributed by atoms with Gasteiger partial charge in [-0.2, -0.15) is 0 Å². The fraction of sp³-hybridized carbons (Fsp3) is 0.714. The minimum Gasteiger partial charge on any atom is -0.271 e. The van der Waals surface area contributed by atoms with E-state index in [1.807, 2.05) is 11.3 Å². The Morgan fingerprint density at radius 3 is 2.71 bits per heavy atom. The lowest BCUT2D eigenvalue weighted by Crippen LogP contribution is -2.38. The van der Waals surface area contributed by atoms with Crippen LogP contribution in [0.15, 0.2) is 17.5 Å². The van der Waals surface area contributed by atoms with Gasteiger partial charge in [0, 0.05) is 10.9 Å². The maximum Gasteiger partial charge on any atom is 0.0247 e. The van der Waals surface area contributed by atoms with Gasteiger partial charge < -0.3 is 0 Å². The Morgan fingerprint density at radius 2 is 2.12 bits per heavy atom. The minimum absolute atomic E-state index is 0.546. The van der Waals surface area contributed by atoms with Crippen LogP contribution in [0.25, 0.3) is 0 Å². The minimum atomic E-state index is 0.546. The summed E-state index contributed by atoms with van der Waals surface area (Å²) in [7, 11) is 0. The summed E-state index contributed by atoms with van der Waals surface area (Å²) >= 11 is 1.86. The number of hydrogen-bond donors (Lipinski definition) is 2. The number of fused-ring (bicyclic) bond motifs is 1. The SMILES string of the molecule is NNC(CCc1cccs1)C1C2CCCCC21. The second-order valence-corrected chi connectivity index (χ2v) is 6.61. The molecule has 1 aromatic heterocycles. The lowest BCUT2D eigenvalue weighted by molar-refractivity contribution is 0.415. The molecule has 94 valence electrons. The van der Waals surface area contributed by atoms with Gasteiger partial charge in [0.25, 0.3) is 0 Å². The molecule has 0 radical (unpaired) electrons. The molecule has 17 heavy (non-hydrogen) atoms. The first-order chi connectivity index (χ1) is 8.40. The average molecular weight is 250 g/mol. The molecule has 3 unspecified atom stereocenters. The van der Waals surface area contributed by atoms with Crippen molar-refractivity contribution in [3.05, 3.63) is 22.4 Å². The monoisotopic (exact) mass is 250 g/mol. The second kappa shape index (κ2) is 5.09. The largest absolute Gasteiger partial charge is 0.271 e. The van der Waals surface area contributed by atoms with Crippen LogP contribution in [0.3, 0.4) is 0 Å². The van der Waals surface area contributed by atoms with Gasteiger partial charge in [-0.15, -0.1) is 11.3 Å². The molecule has 0 saturated heterocycles. The molecular weight excluding hydrogens is 228 g/mol. The summed E-state index contributed by atoms with van der Waals surface area (Å²) in [6.45, 7) is 0. The van der Waals surface area contributed by atoms with Crippen LogP contribution < -0.4 is 11.3 Å². The van der Waals surface area contributed by atoms with Crippen molar-refractivity contribution in [1.82, 2.24) is 5.43 Å². The molecule has 0 spiro atoms. The molecule has 2 aliphatic rings. The summed E-state index contributed by atoms with van der Waals surface area (Å²) in [6.07, 6.45) is 8.18. The van der Waals surface area contributed by atoms with Crippen molar-refractivity contribution in [2.45, 2.75) is 44.6 Å². The molecule has 2 fully saturated rings. The van der Waals surface area contributed by atoms with Crippen molar-refractivity contribution >= 4 is 11.3 Å². The Kier molecular flexibility index (Phi) is 3.50. The third kappa shape index (κ3) is 2.42. The number of thiophene rings is 1. The summed E-state index contributed by atoms with van der Waals surface area (Å²) in [6, 6.07) is 4.92. The average Bonchev–Trinajstić information content (AvgIpc) is 2.84. The van der Waals surface area contributed by atoms with E-state index in [2.05, 4.69) is 22.9 Å². The van der Waals surface area contributed by atoms with Gasteiger partial charge in [0.1, 0.15) is 0 Å². The van der Waals surface area contributed by atoms with E-state index in [-0.39, 0.29) is 0 Å². The Bertz CT molecular complexity index is 337. The molecule has 3 heteroatoms. The van der Waals surface area contributed by atoms with Crippen molar-refractivity contribution in [1.29, 1.82) is 0 Å². The summed E-state index contributed by atoms with van der Waals surface area (Å²) in [5, 5.41) is 2.16. The van der Waals surface area contributed by atoms with E-state index in [9.17, 15) is 0 Å². The highest BCUT2D eigenvalue weighted by atomic mass is 32.1. The fourth-order valence-corrected chi connectivity index (χ4v) is 4.51. The van der Waals surface area contributed by atoms with E-state index in [1.54, 1.807) is 0 Å². The Balaban J connectivity index is 1.53. The van der Waals surface area contributed by atoms with Crippen LogP contribution in [0.1, 0.15) is 37.0 Å². The number of nitrogens with two attached hydrogens (primary N) is 1. The number of hydrazine groups is 1. The molecule has 1 heterocycles. The van der Waals surface area contributed by atoms with Crippen LogP contribution in [-0.2, 0) is 6.42 Å². The quantitative estimate of drug-likeness (QED) is 0.623. The summed E-state index contributed by atoms with van der Waals surface area (Å²) < 4.78 is 0. The lowest BCUT2D eigenvalue weighted by atomic mass is 10.0. The van der Waals surface area contributed by atoms with E-state index < -0.39 is 0 Å². The first kappa shape index (κ1) is 11.7. The highest BCUT2D eigenvalue weighted by Crippen LogP contribution is 2.57. The third-order valence-corrected chi connectivity index (χ3v) is 5.62. The van der Waals surface area contributed by atoms with E-state index >= 15 is 0 Å². The summed E-state index contributed by atoms with van der Waals surface area (Å²) in [4.78, 5) is 1.49. The van der Waals surface area contributed by atoms with Crippen molar-refractivity contribution < 1.29 is 0 Å². The molecule has 2 aliphatic carbocycles. The Morgan fingerprint density at radius 1 is 1.35 bits per heavy atom. The van der Waals surface area contributed by atoms with Crippen molar-refractivity contribution in [2.24, 2.45) is 23.6 Å². The van der Waals surface area contributed by atoms with Crippen molar-refractivity contribution in [3.63, 3.8) is 0 Å². The highest BCUT2D eigenvalue weighted by Gasteiger charge is 2.53. The van der Waals surface area contributed by atoms with Gasteiger partial charge in [0.2, 0.25) is 0 Å². The molecule has 3 N–H and O–H groups in total. The zero-order chi connectivity index (χ0) is 11.7. The normalized spacial score (nSPS) is 33.1. The standard InChI is InChI=1S/C14H22N2S/c15-16-13(8-7-10-4-3-9-17-10)14-11-5-1-2-6-12(11)14/h3-4,9,11-14,16H,1-2,5-8,15H2. The van der Waals surface area contributed by atoms with Gasteiger partial charge in [-0.05, 0) is 54.9 Å². The first-order valence-electron chi connectivity index (χ1n) is 6.88. The van der Waals surface area contributed by atoms with Crippen LogP contribution in [0.2, 0.25) is 0 Å². The third-order valence-electron chi connectivity index (χ3n) is 4.68. The van der Waals surface area contributed by atoms with E-state index in [1.165, 1.54) is 43.4 Å². The van der Waals surface area contributed by atoms with Gasteiger partial charge in [0.05, 0.1) is 0 Å². The topological polar surface area (TPSA) is 38.0 Å². The molecule has 0 bridgehead atoms. The van der Waals surface area contributed by atoms with Crippen molar-refractivity contribution in [3.8, 4) is 0 Å². The summed E-state index contributed by atoms with van der Waals surface area (Å²) in [5.74, 6) is 8.63. The molecule has 2 nitrogen and oxygen atoms in total. The molecule has 0 amide bonds. The lowest BCUT2D eigenvalue weighted by Gasteiger charge is -2.15. The van der Waals surface area contributed by atoms with Gasteiger partial charge in [-0.1, -0.05) is 18.9 Å². The van der Waals surface area contributed by atoms with Crippen molar-refractivity contribution in [2.75, 3.05) is 0 Å². The number of aryl methyl sites for hydroxylation is 1. The number of hydrogen-bond acceptors (Lipinski definition) is 3. The molecule has 2 saturated carbocycles. The fourth-order valence-electron chi connectivity index (χ4n) is 3.78. The molecule has 0 aliphatic heterocycles. The molecule has 0 aromatic carbocycles. The maximum atomic E-state index is 5.76. The molecular formula is C14H22N2S. The van der Waals surface area contributed by atoms with Crippen LogP contribution in [-0.4, -0.2) is 6.04 Å². The molecule has 3 rings (SSSR count). The zero-order valence-electron chi connectivity index (χ0n) is 10.3. The second-order valence-electron chi connectivity index (χ2n) is 5.58. The zero-order valence-corrected chi connectivity index (χ0v) is 11.1. The van der Waals surface area contributed by atoms with Gasteiger partial charge in [-0.25, -0.2) is 0 Å².